The van der Waals surface area contributed by atoms with E-state index in [-0.39, 0.29) is 22.8 Å². The van der Waals surface area contributed by atoms with Gasteiger partial charge in [-0.3, -0.25) is 4.72 Å². The van der Waals surface area contributed by atoms with Crippen LogP contribution >= 0.6 is 11.6 Å². The molecule has 0 spiro atoms. The fraction of sp³-hybridized carbons (Fsp3) is 0.231. The number of halogens is 1. The van der Waals surface area contributed by atoms with Gasteiger partial charge in [0.1, 0.15) is 5.15 Å². The van der Waals surface area contributed by atoms with Crippen molar-refractivity contribution >= 4 is 27.6 Å². The van der Waals surface area contributed by atoms with Crippen LogP contribution in [0.15, 0.2) is 42.6 Å². The van der Waals surface area contributed by atoms with Crippen LogP contribution in [0.5, 0.6) is 0 Å². The molecule has 0 amide bonds. The quantitative estimate of drug-likeness (QED) is 0.862. The van der Waals surface area contributed by atoms with Crippen LogP contribution in [-0.2, 0) is 10.0 Å². The average molecular weight is 312 g/mol. The van der Waals surface area contributed by atoms with E-state index in [1.165, 1.54) is 12.3 Å². The molecule has 1 aromatic carbocycles. The Balaban J connectivity index is 2.08. The molecule has 2 aromatic rings. The summed E-state index contributed by atoms with van der Waals surface area (Å²) >= 11 is 5.69. The highest BCUT2D eigenvalue weighted by molar-refractivity contribution is 7.92. The van der Waals surface area contributed by atoms with Gasteiger partial charge in [0, 0.05) is 6.20 Å². The Labute approximate surface area is 123 Å². The van der Waals surface area contributed by atoms with Crippen molar-refractivity contribution in [3.8, 4) is 0 Å². The van der Waals surface area contributed by atoms with E-state index in [0.717, 1.165) is 5.56 Å². The van der Waals surface area contributed by atoms with Gasteiger partial charge in [-0.15, -0.1) is 0 Å². The van der Waals surface area contributed by atoms with Gasteiger partial charge in [-0.1, -0.05) is 48.9 Å². The van der Waals surface area contributed by atoms with Gasteiger partial charge in [-0.25, -0.2) is 18.4 Å². The Bertz CT molecular complexity index is 677. The molecule has 0 saturated heterocycles. The number of rotatable bonds is 5. The van der Waals surface area contributed by atoms with Gasteiger partial charge >= 0.3 is 0 Å². The second kappa shape index (κ2) is 6.19. The lowest BCUT2D eigenvalue weighted by Crippen LogP contribution is -2.21. The van der Waals surface area contributed by atoms with Gasteiger partial charge in [0.05, 0.1) is 5.75 Å². The van der Waals surface area contributed by atoms with Crippen LogP contribution in [0.2, 0.25) is 5.15 Å². The van der Waals surface area contributed by atoms with E-state index in [0.29, 0.717) is 0 Å². The first-order chi connectivity index (χ1) is 9.46. The molecule has 1 atom stereocenters. The number of sulfonamides is 1. The first-order valence-electron chi connectivity index (χ1n) is 6.00. The largest absolute Gasteiger partial charge is 0.251 e. The van der Waals surface area contributed by atoms with Crippen LogP contribution in [-0.4, -0.2) is 24.1 Å². The van der Waals surface area contributed by atoms with Crippen LogP contribution in [0.1, 0.15) is 18.4 Å². The van der Waals surface area contributed by atoms with E-state index in [4.69, 9.17) is 11.6 Å². The Morgan fingerprint density at radius 3 is 2.60 bits per heavy atom. The monoisotopic (exact) mass is 311 g/mol. The number of aromatic nitrogens is 2. The molecule has 5 nitrogen and oxygen atoms in total. The van der Waals surface area contributed by atoms with Gasteiger partial charge in [0.25, 0.3) is 0 Å². The number of benzene rings is 1. The minimum absolute atomic E-state index is 0.0160. The molecule has 0 fully saturated rings. The maximum Gasteiger partial charge on any atom is 0.237 e. The average Bonchev–Trinajstić information content (AvgIpc) is 2.38. The number of hydrogen-bond donors (Lipinski definition) is 1. The van der Waals surface area contributed by atoms with Crippen molar-refractivity contribution < 1.29 is 8.42 Å². The van der Waals surface area contributed by atoms with E-state index in [1.54, 1.807) is 0 Å². The Morgan fingerprint density at radius 2 is 1.95 bits per heavy atom. The van der Waals surface area contributed by atoms with E-state index < -0.39 is 10.0 Å². The van der Waals surface area contributed by atoms with E-state index in [1.807, 2.05) is 37.3 Å². The van der Waals surface area contributed by atoms with Crippen LogP contribution in [0, 0.1) is 0 Å². The van der Waals surface area contributed by atoms with Crippen molar-refractivity contribution in [1.82, 2.24) is 9.97 Å². The minimum atomic E-state index is -3.53. The van der Waals surface area contributed by atoms with Crippen LogP contribution in [0.25, 0.3) is 0 Å². The summed E-state index contributed by atoms with van der Waals surface area (Å²) in [5.41, 5.74) is 0.963. The molecule has 0 aliphatic heterocycles. The summed E-state index contributed by atoms with van der Waals surface area (Å²) in [7, 11) is -3.53. The third-order valence-electron chi connectivity index (χ3n) is 2.71. The number of hydrogen-bond acceptors (Lipinski definition) is 4. The number of nitrogens with zero attached hydrogens (tertiary/aromatic N) is 2. The lowest BCUT2D eigenvalue weighted by molar-refractivity contribution is 0.595. The van der Waals surface area contributed by atoms with Crippen molar-refractivity contribution in [1.29, 1.82) is 0 Å². The maximum absolute atomic E-state index is 12.1. The van der Waals surface area contributed by atoms with E-state index in [9.17, 15) is 8.42 Å². The molecule has 0 radical (unpaired) electrons. The molecule has 1 unspecified atom stereocenters. The topological polar surface area (TPSA) is 72.0 Å². The number of anilines is 1. The predicted molar refractivity (Wildman–Crippen MR) is 79.3 cm³/mol. The van der Waals surface area contributed by atoms with Crippen molar-refractivity contribution in [2.24, 2.45) is 0 Å². The fourth-order valence-corrected chi connectivity index (χ4v) is 3.22. The van der Waals surface area contributed by atoms with Crippen LogP contribution in [0.3, 0.4) is 0 Å². The molecule has 0 saturated carbocycles. The van der Waals surface area contributed by atoms with Gasteiger partial charge in [0.2, 0.25) is 16.0 Å². The van der Waals surface area contributed by atoms with Crippen molar-refractivity contribution in [3.05, 3.63) is 53.3 Å². The van der Waals surface area contributed by atoms with E-state index >= 15 is 0 Å². The summed E-state index contributed by atoms with van der Waals surface area (Å²) in [4.78, 5) is 7.62. The molecule has 0 aliphatic rings. The summed E-state index contributed by atoms with van der Waals surface area (Å²) in [6.45, 7) is 1.85. The summed E-state index contributed by atoms with van der Waals surface area (Å²) in [5, 5.41) is 0.189. The highest BCUT2D eigenvalue weighted by Gasteiger charge is 2.18. The lowest BCUT2D eigenvalue weighted by Gasteiger charge is -2.13. The lowest BCUT2D eigenvalue weighted by atomic mass is 10.0. The maximum atomic E-state index is 12.1. The molecule has 1 heterocycles. The molecule has 0 aliphatic carbocycles. The van der Waals surface area contributed by atoms with E-state index in [2.05, 4.69) is 14.7 Å². The zero-order valence-corrected chi connectivity index (χ0v) is 12.4. The predicted octanol–water partition coefficient (Wildman–Crippen LogP) is 2.68. The SMILES string of the molecule is CC(CS(=O)(=O)Nc1nccc(Cl)n1)c1ccccc1. The summed E-state index contributed by atoms with van der Waals surface area (Å²) in [6, 6.07) is 10.9. The number of nitrogens with one attached hydrogen (secondary N) is 1. The molecular formula is C13H14ClN3O2S. The summed E-state index contributed by atoms with van der Waals surface area (Å²) < 4.78 is 26.4. The minimum Gasteiger partial charge on any atom is -0.251 e. The van der Waals surface area contributed by atoms with Crippen LogP contribution < -0.4 is 4.72 Å². The zero-order valence-electron chi connectivity index (χ0n) is 10.8. The zero-order chi connectivity index (χ0) is 14.6. The van der Waals surface area contributed by atoms with Crippen molar-refractivity contribution in [2.75, 3.05) is 10.5 Å². The molecule has 1 N–H and O–H groups in total. The van der Waals surface area contributed by atoms with Crippen molar-refractivity contribution in [3.63, 3.8) is 0 Å². The summed E-state index contributed by atoms with van der Waals surface area (Å²) in [5.74, 6) is -0.196. The van der Waals surface area contributed by atoms with Gasteiger partial charge in [0.15, 0.2) is 0 Å². The second-order valence-electron chi connectivity index (χ2n) is 4.40. The van der Waals surface area contributed by atoms with Gasteiger partial charge in [-0.05, 0) is 17.5 Å². The third-order valence-corrected chi connectivity index (χ3v) is 4.35. The molecule has 106 valence electrons. The Hall–Kier alpha value is -1.66. The first-order valence-corrected chi connectivity index (χ1v) is 8.03. The Kier molecular flexibility index (Phi) is 4.57. The van der Waals surface area contributed by atoms with Gasteiger partial charge < -0.3 is 0 Å². The smallest absolute Gasteiger partial charge is 0.237 e. The molecule has 7 heteroatoms. The highest BCUT2D eigenvalue weighted by Crippen LogP contribution is 2.17. The first kappa shape index (κ1) is 14.7. The molecule has 1 aromatic heterocycles. The highest BCUT2D eigenvalue weighted by atomic mass is 35.5. The van der Waals surface area contributed by atoms with Crippen molar-refractivity contribution in [2.45, 2.75) is 12.8 Å². The molecular weight excluding hydrogens is 298 g/mol. The molecule has 0 bridgehead atoms. The fourth-order valence-electron chi connectivity index (χ4n) is 1.77. The normalized spacial score (nSPS) is 12.9. The summed E-state index contributed by atoms with van der Waals surface area (Å²) in [6.07, 6.45) is 1.40. The third kappa shape index (κ3) is 4.18. The standard InChI is InChI=1S/C13H14ClN3O2S/c1-10(11-5-3-2-4-6-11)9-20(18,19)17-13-15-8-7-12(14)16-13/h2-8,10H,9H2,1H3,(H,15,16,17). The molecule has 2 rings (SSSR count). The van der Waals surface area contributed by atoms with Gasteiger partial charge in [-0.2, -0.15) is 0 Å². The second-order valence-corrected chi connectivity index (χ2v) is 6.55. The molecule has 20 heavy (non-hydrogen) atoms. The Morgan fingerprint density at radius 1 is 1.25 bits per heavy atom. The van der Waals surface area contributed by atoms with Crippen LogP contribution in [0.4, 0.5) is 5.95 Å².